The third-order valence-corrected chi connectivity index (χ3v) is 2.55. The van der Waals surface area contributed by atoms with Crippen LogP contribution in [0.3, 0.4) is 0 Å². The van der Waals surface area contributed by atoms with Gasteiger partial charge in [-0.15, -0.1) is 0 Å². The Morgan fingerprint density at radius 1 is 1.40 bits per heavy atom. The molecule has 3 heteroatoms. The van der Waals surface area contributed by atoms with Crippen molar-refractivity contribution in [2.24, 2.45) is 0 Å². The Morgan fingerprint density at radius 2 is 2.20 bits per heavy atom. The molecule has 1 rings (SSSR count). The molecule has 1 N–H and O–H groups in total. The zero-order valence-electron chi connectivity index (χ0n) is 10.2. The number of nitrogens with zero attached hydrogens (tertiary/aromatic N) is 2. The molecule has 0 saturated carbocycles. The van der Waals surface area contributed by atoms with Gasteiger partial charge >= 0.3 is 0 Å². The second kappa shape index (κ2) is 6.62. The highest BCUT2D eigenvalue weighted by molar-refractivity contribution is 4.99. The van der Waals surface area contributed by atoms with E-state index in [0.29, 0.717) is 6.04 Å². The molecule has 3 nitrogen and oxygen atoms in total. The molecule has 0 aliphatic rings. The van der Waals surface area contributed by atoms with Gasteiger partial charge in [-0.3, -0.25) is 4.68 Å². The molecule has 0 amide bonds. The Balaban J connectivity index is 2.41. The Bertz CT molecular complexity index is 268. The molecule has 0 saturated heterocycles. The average Bonchev–Trinajstić information content (AvgIpc) is 2.67. The molecule has 1 atom stereocenters. The summed E-state index contributed by atoms with van der Waals surface area (Å²) in [5.41, 5.74) is 1.14. The molecule has 15 heavy (non-hydrogen) atoms. The molecule has 0 aromatic carbocycles. The zero-order valence-corrected chi connectivity index (χ0v) is 10.2. The van der Waals surface area contributed by atoms with Gasteiger partial charge < -0.3 is 5.32 Å². The molecule has 1 heterocycles. The molecule has 0 fully saturated rings. The van der Waals surface area contributed by atoms with E-state index in [1.807, 2.05) is 0 Å². The maximum Gasteiger partial charge on any atom is 0.0762 e. The summed E-state index contributed by atoms with van der Waals surface area (Å²) in [6, 6.07) is 2.63. The van der Waals surface area contributed by atoms with Gasteiger partial charge in [0, 0.05) is 18.8 Å². The zero-order chi connectivity index (χ0) is 11.1. The van der Waals surface area contributed by atoms with Crippen LogP contribution in [0, 0.1) is 0 Å². The van der Waals surface area contributed by atoms with Crippen LogP contribution in [-0.4, -0.2) is 16.3 Å². The fraction of sp³-hybridized carbons (Fsp3) is 0.750. The lowest BCUT2D eigenvalue weighted by Gasteiger charge is -2.10. The summed E-state index contributed by atoms with van der Waals surface area (Å²) in [5.74, 6) is 0. The molecule has 86 valence electrons. The first-order valence-electron chi connectivity index (χ1n) is 6.02. The van der Waals surface area contributed by atoms with Crippen molar-refractivity contribution in [2.45, 2.75) is 52.6 Å². The minimum atomic E-state index is 0.523. The quantitative estimate of drug-likeness (QED) is 0.700. The normalized spacial score (nSPS) is 13.0. The third kappa shape index (κ3) is 4.04. The van der Waals surface area contributed by atoms with Crippen LogP contribution in [0.4, 0.5) is 0 Å². The van der Waals surface area contributed by atoms with Crippen molar-refractivity contribution in [1.82, 2.24) is 15.1 Å². The van der Waals surface area contributed by atoms with E-state index < -0.39 is 0 Å². The van der Waals surface area contributed by atoms with E-state index in [1.54, 1.807) is 0 Å². The van der Waals surface area contributed by atoms with Gasteiger partial charge in [-0.25, -0.2) is 0 Å². The summed E-state index contributed by atoms with van der Waals surface area (Å²) in [6.45, 7) is 8.56. The van der Waals surface area contributed by atoms with E-state index in [2.05, 4.69) is 48.1 Å². The van der Waals surface area contributed by atoms with Gasteiger partial charge in [0.25, 0.3) is 0 Å². The van der Waals surface area contributed by atoms with Crippen molar-refractivity contribution in [3.8, 4) is 0 Å². The van der Waals surface area contributed by atoms with Gasteiger partial charge in [-0.1, -0.05) is 20.3 Å². The lowest BCUT2D eigenvalue weighted by Crippen LogP contribution is -2.15. The first-order valence-corrected chi connectivity index (χ1v) is 6.02. The van der Waals surface area contributed by atoms with Crippen LogP contribution in [0.1, 0.15) is 51.8 Å². The maximum absolute atomic E-state index is 4.55. The van der Waals surface area contributed by atoms with Crippen molar-refractivity contribution in [3.05, 3.63) is 18.0 Å². The van der Waals surface area contributed by atoms with Crippen molar-refractivity contribution in [2.75, 3.05) is 6.54 Å². The average molecular weight is 209 g/mol. The second-order valence-electron chi connectivity index (χ2n) is 4.10. The number of nitrogens with one attached hydrogen (secondary N) is 1. The Hall–Kier alpha value is -0.830. The van der Waals surface area contributed by atoms with Gasteiger partial charge in [-0.2, -0.15) is 5.10 Å². The fourth-order valence-corrected chi connectivity index (χ4v) is 1.66. The van der Waals surface area contributed by atoms with Crippen LogP contribution in [0.5, 0.6) is 0 Å². The smallest absolute Gasteiger partial charge is 0.0762 e. The van der Waals surface area contributed by atoms with Crippen LogP contribution in [0.2, 0.25) is 0 Å². The molecule has 1 unspecified atom stereocenters. The van der Waals surface area contributed by atoms with Gasteiger partial charge in [-0.05, 0) is 32.4 Å². The number of hydrogen-bond donors (Lipinski definition) is 1. The summed E-state index contributed by atoms with van der Waals surface area (Å²) in [5, 5.41) is 7.91. The SMILES string of the molecule is CCCNCc1ccn(C(C)CCC)n1. The summed E-state index contributed by atoms with van der Waals surface area (Å²) in [4.78, 5) is 0. The van der Waals surface area contributed by atoms with Crippen LogP contribution in [0.15, 0.2) is 12.3 Å². The molecule has 1 aromatic heterocycles. The van der Waals surface area contributed by atoms with E-state index in [1.165, 1.54) is 19.3 Å². The Morgan fingerprint density at radius 3 is 2.87 bits per heavy atom. The second-order valence-corrected chi connectivity index (χ2v) is 4.10. The first-order chi connectivity index (χ1) is 7.27. The topological polar surface area (TPSA) is 29.9 Å². The highest BCUT2D eigenvalue weighted by Crippen LogP contribution is 2.11. The van der Waals surface area contributed by atoms with Gasteiger partial charge in [0.2, 0.25) is 0 Å². The first kappa shape index (κ1) is 12.2. The van der Waals surface area contributed by atoms with E-state index in [9.17, 15) is 0 Å². The van der Waals surface area contributed by atoms with Crippen LogP contribution in [0.25, 0.3) is 0 Å². The highest BCUT2D eigenvalue weighted by Gasteiger charge is 2.04. The van der Waals surface area contributed by atoms with Crippen LogP contribution in [-0.2, 0) is 6.54 Å². The predicted octanol–water partition coefficient (Wildman–Crippen LogP) is 2.74. The Kier molecular flexibility index (Phi) is 5.40. The largest absolute Gasteiger partial charge is 0.311 e. The molecule has 0 spiro atoms. The molecule has 1 aromatic rings. The van der Waals surface area contributed by atoms with Crippen molar-refractivity contribution >= 4 is 0 Å². The summed E-state index contributed by atoms with van der Waals surface area (Å²) >= 11 is 0. The minimum Gasteiger partial charge on any atom is -0.311 e. The standard InChI is InChI=1S/C12H23N3/c1-4-6-11(3)15-9-7-12(14-15)10-13-8-5-2/h7,9,11,13H,4-6,8,10H2,1-3H3. The highest BCUT2D eigenvalue weighted by atomic mass is 15.3. The molecule has 0 aliphatic heterocycles. The van der Waals surface area contributed by atoms with E-state index in [0.717, 1.165) is 18.8 Å². The van der Waals surface area contributed by atoms with Crippen LogP contribution >= 0.6 is 0 Å². The van der Waals surface area contributed by atoms with Gasteiger partial charge in [0.15, 0.2) is 0 Å². The van der Waals surface area contributed by atoms with E-state index in [-0.39, 0.29) is 0 Å². The lowest BCUT2D eigenvalue weighted by atomic mass is 10.2. The maximum atomic E-state index is 4.55. The third-order valence-electron chi connectivity index (χ3n) is 2.55. The van der Waals surface area contributed by atoms with E-state index in [4.69, 9.17) is 0 Å². The lowest BCUT2D eigenvalue weighted by molar-refractivity contribution is 0.449. The van der Waals surface area contributed by atoms with Gasteiger partial charge in [0.1, 0.15) is 0 Å². The molecular weight excluding hydrogens is 186 g/mol. The van der Waals surface area contributed by atoms with Crippen molar-refractivity contribution < 1.29 is 0 Å². The van der Waals surface area contributed by atoms with Crippen LogP contribution < -0.4 is 5.32 Å². The number of hydrogen-bond acceptors (Lipinski definition) is 2. The molecule has 0 bridgehead atoms. The fourth-order valence-electron chi connectivity index (χ4n) is 1.66. The van der Waals surface area contributed by atoms with Crippen molar-refractivity contribution in [3.63, 3.8) is 0 Å². The molecule has 0 radical (unpaired) electrons. The summed E-state index contributed by atoms with van der Waals surface area (Å²) < 4.78 is 2.08. The molecular formula is C12H23N3. The van der Waals surface area contributed by atoms with E-state index >= 15 is 0 Å². The number of aromatic nitrogens is 2. The monoisotopic (exact) mass is 209 g/mol. The predicted molar refractivity (Wildman–Crippen MR) is 63.8 cm³/mol. The number of rotatable bonds is 7. The van der Waals surface area contributed by atoms with Crippen molar-refractivity contribution in [1.29, 1.82) is 0 Å². The molecule has 0 aliphatic carbocycles. The van der Waals surface area contributed by atoms with Gasteiger partial charge in [0.05, 0.1) is 5.69 Å². The Labute approximate surface area is 92.9 Å². The minimum absolute atomic E-state index is 0.523. The summed E-state index contributed by atoms with van der Waals surface area (Å²) in [7, 11) is 0. The summed E-state index contributed by atoms with van der Waals surface area (Å²) in [6.07, 6.45) is 5.67.